The number of benzene rings is 1. The molecule has 0 bridgehead atoms. The van der Waals surface area contributed by atoms with Crippen molar-refractivity contribution in [1.29, 1.82) is 0 Å². The van der Waals surface area contributed by atoms with Gasteiger partial charge in [0.15, 0.2) is 11.5 Å². The van der Waals surface area contributed by atoms with E-state index in [0.717, 1.165) is 36.4 Å². The van der Waals surface area contributed by atoms with Crippen LogP contribution in [0.4, 0.5) is 5.69 Å². The molecular formula is C18H19NO4S. The molecule has 126 valence electrons. The Kier molecular flexibility index (Phi) is 3.84. The summed E-state index contributed by atoms with van der Waals surface area (Å²) in [5, 5.41) is 12.4. The van der Waals surface area contributed by atoms with E-state index >= 15 is 0 Å². The van der Waals surface area contributed by atoms with Gasteiger partial charge in [-0.05, 0) is 23.9 Å². The number of hydrogen-bond acceptors (Lipinski definition) is 5. The normalized spacial score (nSPS) is 18.3. The van der Waals surface area contributed by atoms with Crippen molar-refractivity contribution in [1.82, 2.24) is 0 Å². The number of anilines is 1. The Morgan fingerprint density at radius 3 is 2.88 bits per heavy atom. The van der Waals surface area contributed by atoms with Gasteiger partial charge in [-0.2, -0.15) is 0 Å². The highest BCUT2D eigenvalue weighted by atomic mass is 32.1. The first-order valence-electron chi connectivity index (χ1n) is 8.22. The number of amides is 1. The van der Waals surface area contributed by atoms with E-state index in [4.69, 9.17) is 9.47 Å². The zero-order valence-corrected chi connectivity index (χ0v) is 14.3. The lowest BCUT2D eigenvalue weighted by Gasteiger charge is -2.18. The zero-order valence-electron chi connectivity index (χ0n) is 13.4. The summed E-state index contributed by atoms with van der Waals surface area (Å²) in [7, 11) is 0. The largest absolute Gasteiger partial charge is 0.507 e. The highest BCUT2D eigenvalue weighted by Gasteiger charge is 2.41. The summed E-state index contributed by atoms with van der Waals surface area (Å²) in [6, 6.07) is 5.27. The maximum Gasteiger partial charge on any atom is 0.240 e. The summed E-state index contributed by atoms with van der Waals surface area (Å²) in [6.07, 6.45) is 3.20. The number of phenolic OH excluding ortho intramolecular Hbond substituents is 1. The lowest BCUT2D eigenvalue weighted by molar-refractivity contribution is -0.118. The van der Waals surface area contributed by atoms with Gasteiger partial charge in [0.25, 0.3) is 0 Å². The van der Waals surface area contributed by atoms with Gasteiger partial charge in [-0.15, -0.1) is 11.3 Å². The van der Waals surface area contributed by atoms with Crippen LogP contribution in [-0.2, 0) is 4.79 Å². The van der Waals surface area contributed by atoms with Crippen LogP contribution in [0.2, 0.25) is 0 Å². The molecule has 1 unspecified atom stereocenters. The Balaban J connectivity index is 1.70. The molecule has 2 aliphatic rings. The SMILES string of the molecule is CCCCCN1C(=O)C(c2cc3c(cc2O)OCO3)c2sccc21. The minimum Gasteiger partial charge on any atom is -0.507 e. The minimum atomic E-state index is -0.462. The van der Waals surface area contributed by atoms with Crippen molar-refractivity contribution >= 4 is 22.9 Å². The highest BCUT2D eigenvalue weighted by Crippen LogP contribution is 2.49. The van der Waals surface area contributed by atoms with E-state index in [0.29, 0.717) is 17.1 Å². The van der Waals surface area contributed by atoms with E-state index in [1.165, 1.54) is 6.07 Å². The Morgan fingerprint density at radius 2 is 2.08 bits per heavy atom. The second kappa shape index (κ2) is 6.02. The second-order valence-corrected chi connectivity index (χ2v) is 7.01. The van der Waals surface area contributed by atoms with Gasteiger partial charge in [-0.3, -0.25) is 4.79 Å². The van der Waals surface area contributed by atoms with E-state index in [2.05, 4.69) is 6.92 Å². The minimum absolute atomic E-state index is 0.0297. The molecule has 24 heavy (non-hydrogen) atoms. The number of fused-ring (bicyclic) bond motifs is 2. The molecule has 1 atom stereocenters. The topological polar surface area (TPSA) is 59.0 Å². The van der Waals surface area contributed by atoms with Gasteiger partial charge in [0, 0.05) is 23.1 Å². The summed E-state index contributed by atoms with van der Waals surface area (Å²) in [5.41, 5.74) is 1.56. The molecule has 1 amide bonds. The molecule has 2 aromatic rings. The van der Waals surface area contributed by atoms with Gasteiger partial charge in [0.2, 0.25) is 12.7 Å². The number of hydrogen-bond donors (Lipinski definition) is 1. The average Bonchev–Trinajstić information content (AvgIpc) is 3.25. The van der Waals surface area contributed by atoms with Crippen molar-refractivity contribution in [3.05, 3.63) is 34.0 Å². The van der Waals surface area contributed by atoms with Crippen LogP contribution in [0.1, 0.15) is 42.5 Å². The molecule has 0 fully saturated rings. The number of rotatable bonds is 5. The molecule has 0 aliphatic carbocycles. The molecule has 1 aromatic carbocycles. The number of nitrogens with zero attached hydrogens (tertiary/aromatic N) is 1. The van der Waals surface area contributed by atoms with E-state index < -0.39 is 5.92 Å². The standard InChI is InChI=1S/C18H19NO4S/c1-2-3-4-6-19-12-5-7-24-17(12)16(18(19)21)11-8-14-15(9-13(11)20)23-10-22-14/h5,7-9,16,20H,2-4,6,10H2,1H3. The van der Waals surface area contributed by atoms with Crippen LogP contribution in [-0.4, -0.2) is 24.4 Å². The number of carbonyl (C=O) groups is 1. The van der Waals surface area contributed by atoms with E-state index in [1.807, 2.05) is 16.3 Å². The molecule has 1 N–H and O–H groups in total. The Bertz CT molecular complexity index is 785. The van der Waals surface area contributed by atoms with Gasteiger partial charge in [0.1, 0.15) is 11.7 Å². The Labute approximate surface area is 144 Å². The van der Waals surface area contributed by atoms with E-state index in [9.17, 15) is 9.90 Å². The van der Waals surface area contributed by atoms with E-state index in [-0.39, 0.29) is 18.4 Å². The molecule has 0 spiro atoms. The van der Waals surface area contributed by atoms with Gasteiger partial charge in [0.05, 0.1) is 5.69 Å². The fourth-order valence-electron chi connectivity index (χ4n) is 3.34. The molecular weight excluding hydrogens is 326 g/mol. The molecule has 5 nitrogen and oxygen atoms in total. The third-order valence-electron chi connectivity index (χ3n) is 4.56. The van der Waals surface area contributed by atoms with Gasteiger partial charge >= 0.3 is 0 Å². The van der Waals surface area contributed by atoms with Crippen LogP contribution in [0.3, 0.4) is 0 Å². The van der Waals surface area contributed by atoms with Crippen molar-refractivity contribution in [2.75, 3.05) is 18.2 Å². The third kappa shape index (κ3) is 2.33. The molecule has 0 radical (unpaired) electrons. The van der Waals surface area contributed by atoms with Crippen LogP contribution in [0.5, 0.6) is 17.2 Å². The van der Waals surface area contributed by atoms with Crippen molar-refractivity contribution in [2.45, 2.75) is 32.1 Å². The molecule has 4 rings (SSSR count). The lowest BCUT2D eigenvalue weighted by atomic mass is 9.97. The predicted octanol–water partition coefficient (Wildman–Crippen LogP) is 3.85. The number of aromatic hydroxyl groups is 1. The number of phenols is 1. The molecule has 0 saturated heterocycles. The molecule has 3 heterocycles. The van der Waals surface area contributed by atoms with Gasteiger partial charge in [-0.1, -0.05) is 19.8 Å². The molecule has 0 saturated carbocycles. The zero-order chi connectivity index (χ0) is 16.7. The fourth-order valence-corrected chi connectivity index (χ4v) is 4.35. The monoisotopic (exact) mass is 345 g/mol. The lowest BCUT2D eigenvalue weighted by Crippen LogP contribution is -2.30. The van der Waals surface area contributed by atoms with Crippen LogP contribution in [0, 0.1) is 0 Å². The number of ether oxygens (including phenoxy) is 2. The van der Waals surface area contributed by atoms with Crippen molar-refractivity contribution in [2.24, 2.45) is 0 Å². The molecule has 1 aromatic heterocycles. The summed E-state index contributed by atoms with van der Waals surface area (Å²) >= 11 is 1.56. The smallest absolute Gasteiger partial charge is 0.240 e. The average molecular weight is 345 g/mol. The molecule has 6 heteroatoms. The summed E-state index contributed by atoms with van der Waals surface area (Å²) in [5.74, 6) is 0.747. The number of unbranched alkanes of at least 4 members (excludes halogenated alkanes) is 2. The Hall–Kier alpha value is -2.21. The van der Waals surface area contributed by atoms with E-state index in [1.54, 1.807) is 17.4 Å². The van der Waals surface area contributed by atoms with Crippen molar-refractivity contribution in [3.63, 3.8) is 0 Å². The quantitative estimate of drug-likeness (QED) is 0.836. The second-order valence-electron chi connectivity index (χ2n) is 6.06. The summed E-state index contributed by atoms with van der Waals surface area (Å²) in [6.45, 7) is 3.01. The van der Waals surface area contributed by atoms with Crippen LogP contribution >= 0.6 is 11.3 Å². The van der Waals surface area contributed by atoms with Gasteiger partial charge < -0.3 is 19.5 Å². The summed E-state index contributed by atoms with van der Waals surface area (Å²) in [4.78, 5) is 15.9. The maximum atomic E-state index is 13.0. The summed E-state index contributed by atoms with van der Waals surface area (Å²) < 4.78 is 10.7. The predicted molar refractivity (Wildman–Crippen MR) is 92.3 cm³/mol. The highest BCUT2D eigenvalue weighted by molar-refractivity contribution is 7.11. The first-order valence-corrected chi connectivity index (χ1v) is 9.10. The maximum absolute atomic E-state index is 13.0. The molecule has 2 aliphatic heterocycles. The van der Waals surface area contributed by atoms with Crippen LogP contribution in [0.15, 0.2) is 23.6 Å². The van der Waals surface area contributed by atoms with Crippen molar-refractivity contribution in [3.8, 4) is 17.2 Å². The first kappa shape index (κ1) is 15.3. The van der Waals surface area contributed by atoms with Gasteiger partial charge in [-0.25, -0.2) is 0 Å². The number of thiophene rings is 1. The Morgan fingerprint density at radius 1 is 1.29 bits per heavy atom. The van der Waals surface area contributed by atoms with Crippen LogP contribution < -0.4 is 14.4 Å². The number of carbonyl (C=O) groups excluding carboxylic acids is 1. The van der Waals surface area contributed by atoms with Crippen molar-refractivity contribution < 1.29 is 19.4 Å². The fraction of sp³-hybridized carbons (Fsp3) is 0.389. The first-order chi connectivity index (χ1) is 11.7. The third-order valence-corrected chi connectivity index (χ3v) is 5.53. The van der Waals surface area contributed by atoms with Crippen LogP contribution in [0.25, 0.3) is 0 Å².